The second-order valence-corrected chi connectivity index (χ2v) is 5.62. The Hall–Kier alpha value is -0.610. The lowest BCUT2D eigenvalue weighted by atomic mass is 9.89. The van der Waals surface area contributed by atoms with Gasteiger partial charge in [0.2, 0.25) is 0 Å². The molecule has 0 bridgehead atoms. The van der Waals surface area contributed by atoms with Crippen LogP contribution in [0.4, 0.5) is 0 Å². The van der Waals surface area contributed by atoms with E-state index in [1.54, 1.807) is 0 Å². The number of hydrogen-bond acceptors (Lipinski definition) is 3. The molecule has 0 saturated carbocycles. The first-order chi connectivity index (χ1) is 7.15. The maximum atomic E-state index is 7.39. The highest BCUT2D eigenvalue weighted by atomic mass is 16.5. The van der Waals surface area contributed by atoms with Gasteiger partial charge in [0.15, 0.2) is 0 Å². The molecule has 0 spiro atoms. The SMILES string of the molecule is CC(C)(C)OCCOCCC(C)(C)C(=N)N. The summed E-state index contributed by atoms with van der Waals surface area (Å²) in [6.07, 6.45) is 0.762. The van der Waals surface area contributed by atoms with Gasteiger partial charge < -0.3 is 15.2 Å². The highest BCUT2D eigenvalue weighted by Crippen LogP contribution is 2.19. The minimum atomic E-state index is -0.273. The standard InChI is InChI=1S/C12H26N2O2/c1-11(2,3)16-9-8-15-7-6-12(4,5)10(13)14/h6-9H2,1-5H3,(H3,13,14). The fraction of sp³-hybridized carbons (Fsp3) is 0.917. The molecule has 96 valence electrons. The summed E-state index contributed by atoms with van der Waals surface area (Å²) in [5, 5.41) is 7.39. The molecule has 0 aromatic rings. The number of rotatable bonds is 7. The molecule has 4 nitrogen and oxygen atoms in total. The minimum Gasteiger partial charge on any atom is -0.387 e. The highest BCUT2D eigenvalue weighted by Gasteiger charge is 2.20. The maximum Gasteiger partial charge on any atom is 0.0963 e. The van der Waals surface area contributed by atoms with E-state index >= 15 is 0 Å². The van der Waals surface area contributed by atoms with E-state index in [2.05, 4.69) is 0 Å². The Morgan fingerprint density at radius 1 is 1.06 bits per heavy atom. The summed E-state index contributed by atoms with van der Waals surface area (Å²) >= 11 is 0. The van der Waals surface area contributed by atoms with Crippen molar-refractivity contribution >= 4 is 5.84 Å². The van der Waals surface area contributed by atoms with Gasteiger partial charge in [-0.3, -0.25) is 5.41 Å². The van der Waals surface area contributed by atoms with Crippen LogP contribution in [0.2, 0.25) is 0 Å². The van der Waals surface area contributed by atoms with E-state index in [1.165, 1.54) is 0 Å². The van der Waals surface area contributed by atoms with Crippen LogP contribution in [0, 0.1) is 10.8 Å². The average Bonchev–Trinajstić information content (AvgIpc) is 2.09. The van der Waals surface area contributed by atoms with Crippen LogP contribution in [0.5, 0.6) is 0 Å². The van der Waals surface area contributed by atoms with Crippen LogP contribution in [0.15, 0.2) is 0 Å². The molecule has 4 heteroatoms. The first-order valence-electron chi connectivity index (χ1n) is 5.71. The van der Waals surface area contributed by atoms with Crippen LogP contribution >= 0.6 is 0 Å². The smallest absolute Gasteiger partial charge is 0.0963 e. The lowest BCUT2D eigenvalue weighted by Crippen LogP contribution is -2.32. The van der Waals surface area contributed by atoms with Crippen LogP contribution in [-0.4, -0.2) is 31.3 Å². The quantitative estimate of drug-likeness (QED) is 0.400. The zero-order valence-corrected chi connectivity index (χ0v) is 11.2. The first kappa shape index (κ1) is 15.4. The van der Waals surface area contributed by atoms with Crippen molar-refractivity contribution in [2.75, 3.05) is 19.8 Å². The molecule has 3 N–H and O–H groups in total. The molecular weight excluding hydrogens is 204 g/mol. The number of amidine groups is 1. The summed E-state index contributed by atoms with van der Waals surface area (Å²) in [5.74, 6) is 0.210. The summed E-state index contributed by atoms with van der Waals surface area (Å²) in [6.45, 7) is 11.8. The van der Waals surface area contributed by atoms with E-state index in [0.29, 0.717) is 19.8 Å². The summed E-state index contributed by atoms with van der Waals surface area (Å²) in [5.41, 5.74) is 5.09. The monoisotopic (exact) mass is 230 g/mol. The van der Waals surface area contributed by atoms with Gasteiger partial charge in [-0.05, 0) is 27.2 Å². The van der Waals surface area contributed by atoms with Gasteiger partial charge in [-0.2, -0.15) is 0 Å². The van der Waals surface area contributed by atoms with E-state index in [-0.39, 0.29) is 16.9 Å². The molecule has 0 fully saturated rings. The van der Waals surface area contributed by atoms with Gasteiger partial charge in [-0.25, -0.2) is 0 Å². The van der Waals surface area contributed by atoms with Crippen molar-refractivity contribution in [2.45, 2.75) is 46.6 Å². The first-order valence-corrected chi connectivity index (χ1v) is 5.71. The Bertz CT molecular complexity index is 220. The molecule has 0 unspecified atom stereocenters. The van der Waals surface area contributed by atoms with E-state index in [9.17, 15) is 0 Å². The molecular formula is C12H26N2O2. The molecule has 0 atom stereocenters. The summed E-state index contributed by atoms with van der Waals surface area (Å²) in [7, 11) is 0. The third-order valence-corrected chi connectivity index (χ3v) is 2.36. The second-order valence-electron chi connectivity index (χ2n) is 5.62. The van der Waals surface area contributed by atoms with Crippen LogP contribution in [0.1, 0.15) is 41.0 Å². The number of ether oxygens (including phenoxy) is 2. The van der Waals surface area contributed by atoms with Crippen molar-refractivity contribution < 1.29 is 9.47 Å². The molecule has 0 aromatic heterocycles. The molecule has 0 saturated heterocycles. The average molecular weight is 230 g/mol. The second kappa shape index (κ2) is 6.21. The molecule has 0 rings (SSSR count). The van der Waals surface area contributed by atoms with Crippen molar-refractivity contribution in [3.05, 3.63) is 0 Å². The number of nitrogens with one attached hydrogen (secondary N) is 1. The molecule has 0 amide bonds. The predicted octanol–water partition coefficient (Wildman–Crippen LogP) is 2.17. The third kappa shape index (κ3) is 7.65. The number of nitrogens with two attached hydrogens (primary N) is 1. The third-order valence-electron chi connectivity index (χ3n) is 2.36. The molecule has 16 heavy (non-hydrogen) atoms. The van der Waals surface area contributed by atoms with Crippen molar-refractivity contribution in [3.63, 3.8) is 0 Å². The highest BCUT2D eigenvalue weighted by molar-refractivity contribution is 5.82. The molecule has 0 heterocycles. The summed E-state index contributed by atoms with van der Waals surface area (Å²) < 4.78 is 11.0. The molecule has 0 aliphatic rings. The Morgan fingerprint density at radius 3 is 2.06 bits per heavy atom. The van der Waals surface area contributed by atoms with E-state index in [1.807, 2.05) is 34.6 Å². The fourth-order valence-corrected chi connectivity index (χ4v) is 0.971. The van der Waals surface area contributed by atoms with Crippen LogP contribution < -0.4 is 5.73 Å². The zero-order chi connectivity index (χ0) is 12.8. The van der Waals surface area contributed by atoms with E-state index < -0.39 is 0 Å². The van der Waals surface area contributed by atoms with Gasteiger partial charge in [0.25, 0.3) is 0 Å². The van der Waals surface area contributed by atoms with Gasteiger partial charge in [-0.15, -0.1) is 0 Å². The van der Waals surface area contributed by atoms with Crippen LogP contribution in [0.25, 0.3) is 0 Å². The fourth-order valence-electron chi connectivity index (χ4n) is 0.971. The van der Waals surface area contributed by atoms with Crippen LogP contribution in [0.3, 0.4) is 0 Å². The van der Waals surface area contributed by atoms with Gasteiger partial charge in [-0.1, -0.05) is 13.8 Å². The molecule has 0 radical (unpaired) electrons. The van der Waals surface area contributed by atoms with Gasteiger partial charge in [0.05, 0.1) is 24.7 Å². The molecule has 0 aliphatic carbocycles. The van der Waals surface area contributed by atoms with Crippen molar-refractivity contribution in [2.24, 2.45) is 11.1 Å². The summed E-state index contributed by atoms with van der Waals surface area (Å²) in [4.78, 5) is 0. The van der Waals surface area contributed by atoms with Crippen molar-refractivity contribution in [1.29, 1.82) is 5.41 Å². The van der Waals surface area contributed by atoms with Gasteiger partial charge in [0.1, 0.15) is 0 Å². The minimum absolute atomic E-state index is 0.109. The predicted molar refractivity (Wildman–Crippen MR) is 66.8 cm³/mol. The lowest BCUT2D eigenvalue weighted by Gasteiger charge is -2.23. The zero-order valence-electron chi connectivity index (χ0n) is 11.2. The molecule has 0 aliphatic heterocycles. The Kier molecular flexibility index (Phi) is 5.97. The van der Waals surface area contributed by atoms with Gasteiger partial charge >= 0.3 is 0 Å². The number of hydrogen-bond donors (Lipinski definition) is 2. The maximum absolute atomic E-state index is 7.39. The lowest BCUT2D eigenvalue weighted by molar-refractivity contribution is -0.0365. The topological polar surface area (TPSA) is 68.3 Å². The van der Waals surface area contributed by atoms with Gasteiger partial charge in [0, 0.05) is 12.0 Å². The van der Waals surface area contributed by atoms with E-state index in [0.717, 1.165) is 6.42 Å². The largest absolute Gasteiger partial charge is 0.387 e. The van der Waals surface area contributed by atoms with Crippen LogP contribution in [-0.2, 0) is 9.47 Å². The Morgan fingerprint density at radius 2 is 1.62 bits per heavy atom. The Balaban J connectivity index is 3.52. The summed E-state index contributed by atoms with van der Waals surface area (Å²) in [6, 6.07) is 0. The van der Waals surface area contributed by atoms with E-state index in [4.69, 9.17) is 20.6 Å². The normalized spacial score (nSPS) is 12.8. The molecule has 0 aromatic carbocycles. The van der Waals surface area contributed by atoms with Crippen molar-refractivity contribution in [3.8, 4) is 0 Å². The Labute approximate surface area is 99.0 Å². The van der Waals surface area contributed by atoms with Crippen molar-refractivity contribution in [1.82, 2.24) is 0 Å².